The van der Waals surface area contributed by atoms with Gasteiger partial charge in [0.1, 0.15) is 5.76 Å². The molecule has 0 amide bonds. The Morgan fingerprint density at radius 1 is 1.29 bits per heavy atom. The molecule has 0 unspecified atom stereocenters. The Labute approximate surface area is 105 Å². The molecule has 1 rings (SSSR count). The van der Waals surface area contributed by atoms with Crippen molar-refractivity contribution >= 4 is 0 Å². The molecule has 0 radical (unpaired) electrons. The van der Waals surface area contributed by atoms with Gasteiger partial charge in [-0.25, -0.2) is 0 Å². The molecule has 0 aliphatic carbocycles. The molecule has 0 saturated carbocycles. The van der Waals surface area contributed by atoms with Crippen LogP contribution in [0.25, 0.3) is 0 Å². The van der Waals surface area contributed by atoms with Crippen molar-refractivity contribution in [2.24, 2.45) is 0 Å². The van der Waals surface area contributed by atoms with Gasteiger partial charge in [-0.1, -0.05) is 13.3 Å². The summed E-state index contributed by atoms with van der Waals surface area (Å²) in [5.74, 6) is 1.05. The Bertz CT molecular complexity index is 296. The smallest absolute Gasteiger partial charge is 0.105 e. The second kappa shape index (κ2) is 8.31. The second-order valence-electron chi connectivity index (χ2n) is 4.65. The largest absolute Gasteiger partial charge is 0.469 e. The molecule has 0 fully saturated rings. The van der Waals surface area contributed by atoms with E-state index in [1.807, 2.05) is 6.92 Å². The number of nitrogens with zero attached hydrogens (tertiary/aromatic N) is 1. The van der Waals surface area contributed by atoms with E-state index in [1.165, 1.54) is 24.8 Å². The van der Waals surface area contributed by atoms with Crippen LogP contribution in [0.1, 0.15) is 37.5 Å². The SMILES string of the molecule is CCNCCCCCN(C)Cc1ccoc1C. The molecule has 0 aliphatic rings. The van der Waals surface area contributed by atoms with Crippen LogP contribution in [0.4, 0.5) is 0 Å². The molecule has 1 aromatic rings. The van der Waals surface area contributed by atoms with Crippen LogP contribution in [-0.2, 0) is 6.54 Å². The fourth-order valence-electron chi connectivity index (χ4n) is 1.93. The minimum atomic E-state index is 0.996. The van der Waals surface area contributed by atoms with Gasteiger partial charge in [-0.15, -0.1) is 0 Å². The van der Waals surface area contributed by atoms with Gasteiger partial charge in [0, 0.05) is 12.1 Å². The summed E-state index contributed by atoms with van der Waals surface area (Å²) in [6, 6.07) is 2.07. The van der Waals surface area contributed by atoms with Gasteiger partial charge in [0.05, 0.1) is 6.26 Å². The zero-order chi connectivity index (χ0) is 12.5. The van der Waals surface area contributed by atoms with E-state index in [1.54, 1.807) is 6.26 Å². The van der Waals surface area contributed by atoms with Gasteiger partial charge in [-0.2, -0.15) is 0 Å². The van der Waals surface area contributed by atoms with Crippen molar-refractivity contribution in [2.75, 3.05) is 26.7 Å². The number of hydrogen-bond donors (Lipinski definition) is 1. The summed E-state index contributed by atoms with van der Waals surface area (Å²) in [7, 11) is 2.18. The molecule has 3 nitrogen and oxygen atoms in total. The lowest BCUT2D eigenvalue weighted by molar-refractivity contribution is 0.314. The Kier molecular flexibility index (Phi) is 6.97. The molecule has 0 aromatic carbocycles. The first-order valence-corrected chi connectivity index (χ1v) is 6.66. The van der Waals surface area contributed by atoms with Gasteiger partial charge < -0.3 is 14.6 Å². The Morgan fingerprint density at radius 2 is 2.12 bits per heavy atom. The van der Waals surface area contributed by atoms with Crippen LogP contribution in [0.3, 0.4) is 0 Å². The molecule has 1 heterocycles. The molecular formula is C14H26N2O. The fourth-order valence-corrected chi connectivity index (χ4v) is 1.93. The topological polar surface area (TPSA) is 28.4 Å². The Hall–Kier alpha value is -0.800. The molecule has 17 heavy (non-hydrogen) atoms. The highest BCUT2D eigenvalue weighted by molar-refractivity contribution is 5.14. The zero-order valence-electron chi connectivity index (χ0n) is 11.5. The number of furan rings is 1. The lowest BCUT2D eigenvalue weighted by Gasteiger charge is -2.15. The maximum Gasteiger partial charge on any atom is 0.105 e. The van der Waals surface area contributed by atoms with Crippen molar-refractivity contribution in [2.45, 2.75) is 39.7 Å². The van der Waals surface area contributed by atoms with Gasteiger partial charge >= 0.3 is 0 Å². The Morgan fingerprint density at radius 3 is 2.76 bits per heavy atom. The van der Waals surface area contributed by atoms with Crippen LogP contribution in [0.2, 0.25) is 0 Å². The molecule has 0 saturated heterocycles. The van der Waals surface area contributed by atoms with E-state index in [0.717, 1.165) is 31.9 Å². The molecule has 3 heteroatoms. The third-order valence-corrected chi connectivity index (χ3v) is 3.05. The first kappa shape index (κ1) is 14.3. The zero-order valence-corrected chi connectivity index (χ0v) is 11.5. The standard InChI is InChI=1S/C14H26N2O/c1-4-15-9-6-5-7-10-16(3)12-14-8-11-17-13(14)2/h8,11,15H,4-7,9-10,12H2,1-3H3. The molecule has 0 bridgehead atoms. The predicted molar refractivity (Wildman–Crippen MR) is 72.2 cm³/mol. The highest BCUT2D eigenvalue weighted by atomic mass is 16.3. The molecule has 98 valence electrons. The number of nitrogens with one attached hydrogen (secondary N) is 1. The van der Waals surface area contributed by atoms with Crippen LogP contribution < -0.4 is 5.32 Å². The summed E-state index contributed by atoms with van der Waals surface area (Å²) >= 11 is 0. The molecule has 0 spiro atoms. The molecular weight excluding hydrogens is 212 g/mol. The third kappa shape index (κ3) is 5.89. The highest BCUT2D eigenvalue weighted by Crippen LogP contribution is 2.11. The second-order valence-corrected chi connectivity index (χ2v) is 4.65. The molecule has 1 N–H and O–H groups in total. The summed E-state index contributed by atoms with van der Waals surface area (Å²) in [5.41, 5.74) is 1.31. The minimum absolute atomic E-state index is 0.996. The first-order chi connectivity index (χ1) is 8.24. The van der Waals surface area contributed by atoms with E-state index in [4.69, 9.17) is 4.42 Å². The van der Waals surface area contributed by atoms with E-state index in [-0.39, 0.29) is 0 Å². The maximum atomic E-state index is 5.30. The van der Waals surface area contributed by atoms with Crippen LogP contribution in [0.15, 0.2) is 16.7 Å². The first-order valence-electron chi connectivity index (χ1n) is 6.66. The predicted octanol–water partition coefficient (Wildman–Crippen LogP) is 2.80. The summed E-state index contributed by atoms with van der Waals surface area (Å²) in [4.78, 5) is 2.37. The lowest BCUT2D eigenvalue weighted by atomic mass is 10.2. The van der Waals surface area contributed by atoms with E-state index < -0.39 is 0 Å². The average Bonchev–Trinajstić information content (AvgIpc) is 2.69. The fraction of sp³-hybridized carbons (Fsp3) is 0.714. The number of unbranched alkanes of at least 4 members (excludes halogenated alkanes) is 2. The van der Waals surface area contributed by atoms with E-state index in [0.29, 0.717) is 0 Å². The van der Waals surface area contributed by atoms with Gasteiger partial charge in [0.25, 0.3) is 0 Å². The average molecular weight is 238 g/mol. The van der Waals surface area contributed by atoms with Gasteiger partial charge in [0.2, 0.25) is 0 Å². The lowest BCUT2D eigenvalue weighted by Crippen LogP contribution is -2.20. The molecule has 0 aliphatic heterocycles. The number of aryl methyl sites for hydroxylation is 1. The van der Waals surface area contributed by atoms with E-state index in [2.05, 4.69) is 30.3 Å². The van der Waals surface area contributed by atoms with Crippen molar-refractivity contribution in [3.63, 3.8) is 0 Å². The van der Waals surface area contributed by atoms with Crippen molar-refractivity contribution < 1.29 is 4.42 Å². The quantitative estimate of drug-likeness (QED) is 0.671. The van der Waals surface area contributed by atoms with E-state index in [9.17, 15) is 0 Å². The molecule has 1 aromatic heterocycles. The van der Waals surface area contributed by atoms with Gasteiger partial charge in [-0.3, -0.25) is 0 Å². The summed E-state index contributed by atoms with van der Waals surface area (Å²) in [5, 5.41) is 3.35. The summed E-state index contributed by atoms with van der Waals surface area (Å²) in [6.45, 7) is 8.58. The van der Waals surface area contributed by atoms with E-state index >= 15 is 0 Å². The third-order valence-electron chi connectivity index (χ3n) is 3.05. The van der Waals surface area contributed by atoms with Gasteiger partial charge in [0.15, 0.2) is 0 Å². The summed E-state index contributed by atoms with van der Waals surface area (Å²) < 4.78 is 5.30. The van der Waals surface area contributed by atoms with Gasteiger partial charge in [-0.05, 0) is 52.5 Å². The normalized spacial score (nSPS) is 11.3. The van der Waals surface area contributed by atoms with Crippen molar-refractivity contribution in [1.29, 1.82) is 0 Å². The maximum absolute atomic E-state index is 5.30. The van der Waals surface area contributed by atoms with Crippen molar-refractivity contribution in [1.82, 2.24) is 10.2 Å². The molecule has 0 atom stereocenters. The van der Waals surface area contributed by atoms with Crippen LogP contribution in [0.5, 0.6) is 0 Å². The minimum Gasteiger partial charge on any atom is -0.469 e. The number of rotatable bonds is 9. The Balaban J connectivity index is 2.05. The van der Waals surface area contributed by atoms with Crippen LogP contribution in [-0.4, -0.2) is 31.6 Å². The highest BCUT2D eigenvalue weighted by Gasteiger charge is 2.04. The van der Waals surface area contributed by atoms with Crippen LogP contribution in [0, 0.1) is 6.92 Å². The van der Waals surface area contributed by atoms with Crippen molar-refractivity contribution in [3.8, 4) is 0 Å². The van der Waals surface area contributed by atoms with Crippen molar-refractivity contribution in [3.05, 3.63) is 23.7 Å². The number of hydrogen-bond acceptors (Lipinski definition) is 3. The summed E-state index contributed by atoms with van der Waals surface area (Å²) in [6.07, 6.45) is 5.64. The monoisotopic (exact) mass is 238 g/mol. The van der Waals surface area contributed by atoms with Crippen LogP contribution >= 0.6 is 0 Å².